The van der Waals surface area contributed by atoms with Crippen molar-refractivity contribution in [2.45, 2.75) is 25.8 Å². The second kappa shape index (κ2) is 7.59. The molecule has 126 valence electrons. The van der Waals surface area contributed by atoms with E-state index in [0.29, 0.717) is 0 Å². The van der Waals surface area contributed by atoms with Crippen LogP contribution in [0.5, 0.6) is 0 Å². The monoisotopic (exact) mass is 363 g/mol. The fourth-order valence-corrected chi connectivity index (χ4v) is 3.53. The molecule has 0 bridgehead atoms. The molecule has 6 nitrogen and oxygen atoms in total. The van der Waals surface area contributed by atoms with Gasteiger partial charge < -0.3 is 19.8 Å². The van der Waals surface area contributed by atoms with Crippen molar-refractivity contribution in [1.82, 2.24) is 4.90 Å². The van der Waals surface area contributed by atoms with Gasteiger partial charge in [0.25, 0.3) is 5.91 Å². The van der Waals surface area contributed by atoms with Crippen LogP contribution in [-0.2, 0) is 14.4 Å². The first-order valence-electron chi connectivity index (χ1n) is 7.04. The van der Waals surface area contributed by atoms with Crippen LogP contribution in [-0.4, -0.2) is 33.1 Å². The molecule has 1 fully saturated rings. The Labute approximate surface area is 148 Å². The zero-order valence-corrected chi connectivity index (χ0v) is 14.3. The summed E-state index contributed by atoms with van der Waals surface area (Å²) in [5, 5.41) is 21.8. The third kappa shape index (κ3) is 4.21. The quantitative estimate of drug-likeness (QED) is 0.511. The summed E-state index contributed by atoms with van der Waals surface area (Å²) in [5.74, 6) is -3.52. The molecule has 0 saturated carbocycles. The van der Waals surface area contributed by atoms with Crippen molar-refractivity contribution in [2.75, 3.05) is 0 Å². The molecule has 1 aromatic rings. The van der Waals surface area contributed by atoms with E-state index in [9.17, 15) is 24.6 Å². The van der Waals surface area contributed by atoms with Crippen LogP contribution in [0.2, 0.25) is 0 Å². The van der Waals surface area contributed by atoms with E-state index in [1.165, 1.54) is 0 Å². The number of carbonyl (C=O) groups is 3. The lowest BCUT2D eigenvalue weighted by molar-refractivity contribution is -0.311. The Morgan fingerprint density at radius 2 is 1.92 bits per heavy atom. The zero-order valence-electron chi connectivity index (χ0n) is 12.7. The summed E-state index contributed by atoms with van der Waals surface area (Å²) in [6.45, 7) is 1.94. The molecule has 0 aromatic heterocycles. The zero-order chi connectivity index (χ0) is 17.9. The summed E-state index contributed by atoms with van der Waals surface area (Å²) in [6.07, 6.45) is 0.783. The Kier molecular flexibility index (Phi) is 5.74. The van der Waals surface area contributed by atoms with Gasteiger partial charge in [-0.2, -0.15) is 0 Å². The Balaban J connectivity index is 2.24. The van der Waals surface area contributed by atoms with Crippen molar-refractivity contribution >= 4 is 52.2 Å². The van der Waals surface area contributed by atoms with Gasteiger partial charge in [-0.25, -0.2) is 0 Å². The molecule has 1 saturated heterocycles. The number of nitrogens with zero attached hydrogens (tertiary/aromatic N) is 1. The van der Waals surface area contributed by atoms with E-state index in [4.69, 9.17) is 12.2 Å². The lowest BCUT2D eigenvalue weighted by Crippen LogP contribution is -2.50. The summed E-state index contributed by atoms with van der Waals surface area (Å²) in [7, 11) is 0. The second-order valence-electron chi connectivity index (χ2n) is 5.21. The number of aliphatic carboxylic acids is 2. The molecular weight excluding hydrogens is 350 g/mol. The largest absolute Gasteiger partial charge is 0.550 e. The van der Waals surface area contributed by atoms with Gasteiger partial charge in [-0.05, 0) is 31.4 Å². The van der Waals surface area contributed by atoms with Gasteiger partial charge in [0, 0.05) is 5.97 Å². The Morgan fingerprint density at radius 3 is 2.46 bits per heavy atom. The van der Waals surface area contributed by atoms with Gasteiger partial charge in [0.1, 0.15) is 4.32 Å². The van der Waals surface area contributed by atoms with Crippen LogP contribution in [0.4, 0.5) is 0 Å². The van der Waals surface area contributed by atoms with Crippen molar-refractivity contribution < 1.29 is 24.6 Å². The summed E-state index contributed by atoms with van der Waals surface area (Å²) in [6, 6.07) is 5.99. The van der Waals surface area contributed by atoms with Crippen molar-refractivity contribution in [1.29, 1.82) is 0 Å². The van der Waals surface area contributed by atoms with Gasteiger partial charge in [0.2, 0.25) is 0 Å². The van der Waals surface area contributed by atoms with E-state index in [-0.39, 0.29) is 15.6 Å². The van der Waals surface area contributed by atoms with E-state index in [2.05, 4.69) is 0 Å². The van der Waals surface area contributed by atoms with Crippen molar-refractivity contribution in [3.63, 3.8) is 0 Å². The predicted molar refractivity (Wildman–Crippen MR) is 89.2 cm³/mol. The van der Waals surface area contributed by atoms with Gasteiger partial charge in [0.15, 0.2) is 0 Å². The van der Waals surface area contributed by atoms with Gasteiger partial charge in [0.05, 0.1) is 16.9 Å². The highest BCUT2D eigenvalue weighted by atomic mass is 32.2. The molecule has 1 amide bonds. The first-order valence-corrected chi connectivity index (χ1v) is 8.26. The van der Waals surface area contributed by atoms with Gasteiger partial charge >= 0.3 is 0 Å². The highest BCUT2D eigenvalue weighted by molar-refractivity contribution is 8.26. The minimum absolute atomic E-state index is 0.0610. The number of hydrogen-bond acceptors (Lipinski definition) is 7. The molecule has 1 atom stereocenters. The molecule has 0 unspecified atom stereocenters. The van der Waals surface area contributed by atoms with Crippen molar-refractivity contribution in [3.8, 4) is 0 Å². The number of thioether (sulfide) groups is 1. The summed E-state index contributed by atoms with van der Waals surface area (Å²) in [5.41, 5.74) is 1.85. The fourth-order valence-electron chi connectivity index (χ4n) is 2.17. The number of thiocarbonyl (C=S) groups is 1. The third-order valence-electron chi connectivity index (χ3n) is 3.40. The van der Waals surface area contributed by atoms with Gasteiger partial charge in [-0.3, -0.25) is 9.69 Å². The van der Waals surface area contributed by atoms with Gasteiger partial charge in [-0.15, -0.1) is 0 Å². The number of hydrogen-bond donors (Lipinski definition) is 0. The molecule has 1 heterocycles. The van der Waals surface area contributed by atoms with E-state index in [1.807, 2.05) is 31.2 Å². The second-order valence-corrected chi connectivity index (χ2v) is 6.88. The maximum Gasteiger partial charge on any atom is 0.266 e. The van der Waals surface area contributed by atoms with E-state index < -0.39 is 30.3 Å². The Morgan fingerprint density at radius 1 is 1.29 bits per heavy atom. The van der Waals surface area contributed by atoms with E-state index in [1.54, 1.807) is 6.08 Å². The Bertz CT molecular complexity index is 726. The first kappa shape index (κ1) is 18.2. The first-order chi connectivity index (χ1) is 11.3. The number of rotatable bonds is 6. The lowest BCUT2D eigenvalue weighted by atomic mass is 10.1. The molecule has 1 aliphatic heterocycles. The lowest BCUT2D eigenvalue weighted by Gasteiger charge is -2.27. The van der Waals surface area contributed by atoms with E-state index >= 15 is 0 Å². The SMILES string of the molecule is Cc1ccc(/C=C2\SC(=S)N([C@@H](CCC(=O)[O-])C(=O)[O-])C2=O)cc1. The molecule has 1 aromatic carbocycles. The van der Waals surface area contributed by atoms with E-state index in [0.717, 1.165) is 27.8 Å². The van der Waals surface area contributed by atoms with Crippen LogP contribution < -0.4 is 10.2 Å². The number of aryl methyl sites for hydroxylation is 1. The number of carboxylic acids is 2. The van der Waals surface area contributed by atoms with Crippen LogP contribution in [0.3, 0.4) is 0 Å². The molecule has 1 aliphatic rings. The number of benzene rings is 1. The average Bonchev–Trinajstić information content (AvgIpc) is 2.77. The molecular formula is C16H13NO5S2-2. The van der Waals surface area contributed by atoms with Crippen LogP contribution in [0.25, 0.3) is 6.08 Å². The molecule has 0 aliphatic carbocycles. The standard InChI is InChI=1S/C16H15NO5S2/c1-9-2-4-10(5-3-9)8-12-14(20)17(16(23)24-12)11(15(21)22)6-7-13(18)19/h2-5,8,11H,6-7H2,1H3,(H,18,19)(H,21,22)/p-2/b12-8-/t11-/m0/s1. The summed E-state index contributed by atoms with van der Waals surface area (Å²) < 4.78 is 0.0610. The molecule has 0 N–H and O–H groups in total. The summed E-state index contributed by atoms with van der Waals surface area (Å²) in [4.78, 5) is 35.5. The molecule has 0 radical (unpaired) electrons. The molecule has 2 rings (SSSR count). The third-order valence-corrected chi connectivity index (χ3v) is 4.73. The predicted octanol–water partition coefficient (Wildman–Crippen LogP) is -0.155. The van der Waals surface area contributed by atoms with Crippen LogP contribution >= 0.6 is 24.0 Å². The van der Waals surface area contributed by atoms with Gasteiger partial charge in [-0.1, -0.05) is 53.8 Å². The van der Waals surface area contributed by atoms with Crippen LogP contribution in [0, 0.1) is 6.92 Å². The highest BCUT2D eigenvalue weighted by Gasteiger charge is 2.37. The van der Waals surface area contributed by atoms with Crippen LogP contribution in [0.15, 0.2) is 29.2 Å². The minimum Gasteiger partial charge on any atom is -0.550 e. The Hall–Kier alpha value is -2.19. The van der Waals surface area contributed by atoms with Crippen LogP contribution in [0.1, 0.15) is 24.0 Å². The normalized spacial score (nSPS) is 17.4. The average molecular weight is 363 g/mol. The molecule has 24 heavy (non-hydrogen) atoms. The highest BCUT2D eigenvalue weighted by Crippen LogP contribution is 2.34. The fraction of sp³-hybridized carbons (Fsp3) is 0.250. The maximum absolute atomic E-state index is 12.5. The minimum atomic E-state index is -1.55. The smallest absolute Gasteiger partial charge is 0.266 e. The number of amides is 1. The number of carboxylic acid groups (broad SMARTS) is 2. The maximum atomic E-state index is 12.5. The summed E-state index contributed by atoms with van der Waals surface area (Å²) >= 11 is 6.06. The molecule has 8 heteroatoms. The number of carbonyl (C=O) groups excluding carboxylic acids is 3. The van der Waals surface area contributed by atoms with Crippen molar-refractivity contribution in [3.05, 3.63) is 40.3 Å². The van der Waals surface area contributed by atoms with Crippen molar-refractivity contribution in [2.24, 2.45) is 0 Å². The molecule has 0 spiro atoms. The topological polar surface area (TPSA) is 101 Å².